The van der Waals surface area contributed by atoms with E-state index in [1.165, 1.54) is 0 Å². The van der Waals surface area contributed by atoms with E-state index in [2.05, 4.69) is 10.1 Å². The summed E-state index contributed by atoms with van der Waals surface area (Å²) >= 11 is 0. The van der Waals surface area contributed by atoms with E-state index < -0.39 is 0 Å². The van der Waals surface area contributed by atoms with Gasteiger partial charge in [0.15, 0.2) is 5.78 Å². The Hall–Kier alpha value is -2.49. The van der Waals surface area contributed by atoms with Crippen molar-refractivity contribution in [3.63, 3.8) is 0 Å². The summed E-state index contributed by atoms with van der Waals surface area (Å²) in [5, 5.41) is 4.12. The lowest BCUT2D eigenvalue weighted by Crippen LogP contribution is -2.00. The molecule has 0 aliphatic carbocycles. The van der Waals surface area contributed by atoms with Crippen molar-refractivity contribution >= 4 is 11.3 Å². The number of rotatable bonds is 2. The van der Waals surface area contributed by atoms with Gasteiger partial charge in [-0.25, -0.2) is 4.52 Å². The number of carbonyl (C=O) groups is 1. The van der Waals surface area contributed by atoms with Crippen LogP contribution in [0.15, 0.2) is 55.1 Å². The molecule has 0 fully saturated rings. The third kappa shape index (κ3) is 1.59. The monoisotopic (exact) mass is 223 g/mol. The molecule has 0 aliphatic rings. The van der Waals surface area contributed by atoms with E-state index in [4.69, 9.17) is 0 Å². The van der Waals surface area contributed by atoms with Crippen LogP contribution in [0, 0.1) is 0 Å². The zero-order valence-corrected chi connectivity index (χ0v) is 8.95. The summed E-state index contributed by atoms with van der Waals surface area (Å²) in [6, 6.07) is 9.16. The fourth-order valence-electron chi connectivity index (χ4n) is 1.75. The molecule has 0 radical (unpaired) electrons. The highest BCUT2D eigenvalue weighted by Crippen LogP contribution is 2.14. The van der Waals surface area contributed by atoms with Crippen molar-refractivity contribution in [1.82, 2.24) is 14.6 Å². The van der Waals surface area contributed by atoms with Crippen LogP contribution in [0.4, 0.5) is 0 Å². The molecule has 2 aromatic heterocycles. The Labute approximate surface area is 97.5 Å². The lowest BCUT2D eigenvalue weighted by molar-refractivity contribution is 0.104. The highest BCUT2D eigenvalue weighted by Gasteiger charge is 2.13. The third-order valence-corrected chi connectivity index (χ3v) is 2.61. The quantitative estimate of drug-likeness (QED) is 0.624. The maximum absolute atomic E-state index is 12.2. The zero-order valence-electron chi connectivity index (χ0n) is 8.95. The first-order chi connectivity index (χ1) is 8.36. The lowest BCUT2D eigenvalue weighted by atomic mass is 10.1. The van der Waals surface area contributed by atoms with Crippen LogP contribution in [-0.2, 0) is 0 Å². The van der Waals surface area contributed by atoms with Crippen LogP contribution in [0.5, 0.6) is 0 Å². The highest BCUT2D eigenvalue weighted by molar-refractivity contribution is 6.12. The average Bonchev–Trinajstić information content (AvgIpc) is 2.83. The molecule has 0 atom stereocenters. The van der Waals surface area contributed by atoms with Crippen molar-refractivity contribution in [1.29, 1.82) is 0 Å². The summed E-state index contributed by atoms with van der Waals surface area (Å²) in [6.45, 7) is 0. The third-order valence-electron chi connectivity index (χ3n) is 2.61. The van der Waals surface area contributed by atoms with E-state index in [1.54, 1.807) is 41.4 Å². The predicted octanol–water partition coefficient (Wildman–Crippen LogP) is 1.96. The average molecular weight is 223 g/mol. The second-order valence-electron chi connectivity index (χ2n) is 3.66. The van der Waals surface area contributed by atoms with Gasteiger partial charge in [-0.05, 0) is 0 Å². The SMILES string of the molecule is O=C(c1ccccc1)c1cnn2ccncc12. The van der Waals surface area contributed by atoms with E-state index in [9.17, 15) is 4.79 Å². The van der Waals surface area contributed by atoms with Crippen LogP contribution < -0.4 is 0 Å². The molecule has 4 nitrogen and oxygen atoms in total. The first-order valence-corrected chi connectivity index (χ1v) is 5.23. The fourth-order valence-corrected chi connectivity index (χ4v) is 1.75. The van der Waals surface area contributed by atoms with Crippen molar-refractivity contribution in [2.45, 2.75) is 0 Å². The number of hydrogen-bond acceptors (Lipinski definition) is 3. The number of ketones is 1. The molecule has 1 aromatic carbocycles. The molecule has 17 heavy (non-hydrogen) atoms. The van der Waals surface area contributed by atoms with Gasteiger partial charge in [-0.2, -0.15) is 5.10 Å². The Morgan fingerprint density at radius 1 is 1.12 bits per heavy atom. The summed E-state index contributed by atoms with van der Waals surface area (Å²) in [4.78, 5) is 16.2. The molecule has 0 aliphatic heterocycles. The van der Waals surface area contributed by atoms with Gasteiger partial charge in [-0.1, -0.05) is 30.3 Å². The van der Waals surface area contributed by atoms with Crippen LogP contribution in [0.2, 0.25) is 0 Å². The number of hydrogen-bond donors (Lipinski definition) is 0. The van der Waals surface area contributed by atoms with Gasteiger partial charge in [0.2, 0.25) is 0 Å². The van der Waals surface area contributed by atoms with Crippen LogP contribution >= 0.6 is 0 Å². The van der Waals surface area contributed by atoms with E-state index >= 15 is 0 Å². The molecule has 0 spiro atoms. The van der Waals surface area contributed by atoms with Gasteiger partial charge in [-0.3, -0.25) is 9.78 Å². The maximum Gasteiger partial charge on any atom is 0.196 e. The Morgan fingerprint density at radius 2 is 1.94 bits per heavy atom. The minimum Gasteiger partial charge on any atom is -0.288 e. The molecule has 0 bridgehead atoms. The minimum atomic E-state index is -0.0337. The van der Waals surface area contributed by atoms with Crippen LogP contribution in [0.3, 0.4) is 0 Å². The van der Waals surface area contributed by atoms with Gasteiger partial charge in [0.05, 0.1) is 23.5 Å². The maximum atomic E-state index is 12.2. The number of aromatic nitrogens is 3. The van der Waals surface area contributed by atoms with Crippen LogP contribution in [-0.4, -0.2) is 20.4 Å². The summed E-state index contributed by atoms with van der Waals surface area (Å²) in [7, 11) is 0. The molecule has 82 valence electrons. The number of nitrogens with zero attached hydrogens (tertiary/aromatic N) is 3. The standard InChI is InChI=1S/C13H9N3O/c17-13(10-4-2-1-3-5-10)11-8-15-16-7-6-14-9-12(11)16/h1-9H. The van der Waals surface area contributed by atoms with Gasteiger partial charge in [-0.15, -0.1) is 0 Å². The smallest absolute Gasteiger partial charge is 0.196 e. The normalized spacial score (nSPS) is 10.6. The van der Waals surface area contributed by atoms with Gasteiger partial charge < -0.3 is 0 Å². The minimum absolute atomic E-state index is 0.0337. The van der Waals surface area contributed by atoms with E-state index in [0.29, 0.717) is 11.1 Å². The first kappa shape index (κ1) is 9.72. The molecule has 0 saturated heterocycles. The molecule has 0 unspecified atom stereocenters. The Kier molecular flexibility index (Phi) is 2.19. The van der Waals surface area contributed by atoms with Gasteiger partial charge in [0, 0.05) is 18.0 Å². The van der Waals surface area contributed by atoms with Crippen molar-refractivity contribution < 1.29 is 4.79 Å². The van der Waals surface area contributed by atoms with E-state index in [-0.39, 0.29) is 5.78 Å². The number of benzene rings is 1. The summed E-state index contributed by atoms with van der Waals surface area (Å²) in [6.07, 6.45) is 6.57. The zero-order chi connectivity index (χ0) is 11.7. The molecular formula is C13H9N3O. The fraction of sp³-hybridized carbons (Fsp3) is 0. The van der Waals surface area contributed by atoms with Crippen LogP contribution in [0.1, 0.15) is 15.9 Å². The molecule has 0 saturated carbocycles. The Bertz CT molecular complexity index is 673. The van der Waals surface area contributed by atoms with Crippen molar-refractivity contribution in [3.05, 3.63) is 66.2 Å². The van der Waals surface area contributed by atoms with Crippen molar-refractivity contribution in [2.24, 2.45) is 0 Å². The van der Waals surface area contributed by atoms with Gasteiger partial charge >= 0.3 is 0 Å². The van der Waals surface area contributed by atoms with Crippen molar-refractivity contribution in [2.75, 3.05) is 0 Å². The molecule has 3 aromatic rings. The predicted molar refractivity (Wildman–Crippen MR) is 62.9 cm³/mol. The second kappa shape index (κ2) is 3.83. The summed E-state index contributed by atoms with van der Waals surface area (Å²) < 4.78 is 1.64. The van der Waals surface area contributed by atoms with Crippen LogP contribution in [0.25, 0.3) is 5.52 Å². The van der Waals surface area contributed by atoms with E-state index in [0.717, 1.165) is 5.52 Å². The summed E-state index contributed by atoms with van der Waals surface area (Å²) in [5.74, 6) is -0.0337. The topological polar surface area (TPSA) is 47.3 Å². The molecular weight excluding hydrogens is 214 g/mol. The highest BCUT2D eigenvalue weighted by atomic mass is 16.1. The molecule has 4 heteroatoms. The molecule has 0 amide bonds. The molecule has 2 heterocycles. The lowest BCUT2D eigenvalue weighted by Gasteiger charge is -1.98. The first-order valence-electron chi connectivity index (χ1n) is 5.23. The molecule has 3 rings (SSSR count). The number of fused-ring (bicyclic) bond motifs is 1. The Balaban J connectivity index is 2.14. The van der Waals surface area contributed by atoms with Gasteiger partial charge in [0.25, 0.3) is 0 Å². The van der Waals surface area contributed by atoms with E-state index in [1.807, 2.05) is 18.2 Å². The second-order valence-corrected chi connectivity index (χ2v) is 3.66. The summed E-state index contributed by atoms with van der Waals surface area (Å²) in [5.41, 5.74) is 1.96. The van der Waals surface area contributed by atoms with Gasteiger partial charge in [0.1, 0.15) is 0 Å². The number of carbonyl (C=O) groups excluding carboxylic acids is 1. The van der Waals surface area contributed by atoms with Crippen molar-refractivity contribution in [3.8, 4) is 0 Å². The molecule has 0 N–H and O–H groups in total. The largest absolute Gasteiger partial charge is 0.288 e. The Morgan fingerprint density at radius 3 is 2.76 bits per heavy atom.